The van der Waals surface area contributed by atoms with Gasteiger partial charge in [0.05, 0.1) is 10.9 Å². The summed E-state index contributed by atoms with van der Waals surface area (Å²) in [5.74, 6) is 1.52. The van der Waals surface area contributed by atoms with Crippen LogP contribution >= 0.6 is 0 Å². The third-order valence-corrected chi connectivity index (χ3v) is 6.80. The first-order chi connectivity index (χ1) is 14.0. The molecule has 0 spiro atoms. The molecule has 3 atom stereocenters. The second kappa shape index (κ2) is 6.95. The molecule has 0 bridgehead atoms. The zero-order valence-corrected chi connectivity index (χ0v) is 16.4. The van der Waals surface area contributed by atoms with E-state index in [-0.39, 0.29) is 17.1 Å². The Morgan fingerprint density at radius 2 is 1.86 bits per heavy atom. The van der Waals surface area contributed by atoms with E-state index >= 15 is 0 Å². The molecule has 2 aromatic carbocycles. The average Bonchev–Trinajstić information content (AvgIpc) is 3.00. The molecule has 5 rings (SSSR count). The van der Waals surface area contributed by atoms with Crippen LogP contribution < -0.4 is 11.2 Å². The van der Waals surface area contributed by atoms with E-state index in [9.17, 15) is 14.0 Å². The van der Waals surface area contributed by atoms with E-state index in [0.717, 1.165) is 25.1 Å². The fraction of sp³-hybridized carbons (Fsp3) is 0.391. The Hall–Kier alpha value is -2.73. The molecule has 1 saturated carbocycles. The van der Waals surface area contributed by atoms with Gasteiger partial charge >= 0.3 is 5.69 Å². The number of benzene rings is 2. The highest BCUT2D eigenvalue weighted by Gasteiger charge is 2.47. The Kier molecular flexibility index (Phi) is 4.39. The lowest BCUT2D eigenvalue weighted by atomic mass is 9.64. The summed E-state index contributed by atoms with van der Waals surface area (Å²) in [4.78, 5) is 30.5. The standard InChI is InChI=1S/C23H24FN3O2/c1-14-3-2-4-18-21(14)25-23(29)27(22(18)28)10-9-26-12-16-11-19(20(16)13-26)15-5-7-17(24)8-6-15/h2-8,16,19-20H,9-13H2,1H3,(H,25,29). The van der Waals surface area contributed by atoms with Crippen LogP contribution in [0.4, 0.5) is 4.39 Å². The van der Waals surface area contributed by atoms with Crippen molar-refractivity contribution in [2.75, 3.05) is 19.6 Å². The summed E-state index contributed by atoms with van der Waals surface area (Å²) in [5, 5.41) is 0.558. The summed E-state index contributed by atoms with van der Waals surface area (Å²) in [6.45, 7) is 4.93. The van der Waals surface area contributed by atoms with Crippen molar-refractivity contribution < 1.29 is 4.39 Å². The van der Waals surface area contributed by atoms with Crippen LogP contribution in [0.3, 0.4) is 0 Å². The first kappa shape index (κ1) is 18.3. The first-order valence-corrected chi connectivity index (χ1v) is 10.2. The number of para-hydroxylation sites is 1. The van der Waals surface area contributed by atoms with Crippen LogP contribution in [0.5, 0.6) is 0 Å². The van der Waals surface area contributed by atoms with Gasteiger partial charge < -0.3 is 9.88 Å². The van der Waals surface area contributed by atoms with Gasteiger partial charge in [0.15, 0.2) is 0 Å². The molecular formula is C23H24FN3O2. The minimum atomic E-state index is -0.344. The van der Waals surface area contributed by atoms with Gasteiger partial charge in [-0.15, -0.1) is 0 Å². The number of nitrogens with zero attached hydrogens (tertiary/aromatic N) is 2. The van der Waals surface area contributed by atoms with E-state index in [1.54, 1.807) is 6.07 Å². The number of rotatable bonds is 4. The molecule has 150 valence electrons. The van der Waals surface area contributed by atoms with Crippen LogP contribution in [0.2, 0.25) is 0 Å². The zero-order chi connectivity index (χ0) is 20.1. The van der Waals surface area contributed by atoms with Crippen molar-refractivity contribution in [2.24, 2.45) is 11.8 Å². The highest BCUT2D eigenvalue weighted by atomic mass is 19.1. The smallest absolute Gasteiger partial charge is 0.306 e. The number of hydrogen-bond donors (Lipinski definition) is 1. The van der Waals surface area contributed by atoms with Crippen molar-refractivity contribution in [3.05, 3.63) is 80.2 Å². The van der Waals surface area contributed by atoms with Crippen molar-refractivity contribution in [1.82, 2.24) is 14.5 Å². The number of H-pyrrole nitrogens is 1. The van der Waals surface area contributed by atoms with Crippen molar-refractivity contribution in [3.63, 3.8) is 0 Å². The van der Waals surface area contributed by atoms with Crippen molar-refractivity contribution >= 4 is 10.9 Å². The summed E-state index contributed by atoms with van der Waals surface area (Å²) < 4.78 is 14.5. The SMILES string of the molecule is Cc1cccc2c(=O)n(CCN3CC4CC(c5ccc(F)cc5)C4C3)c(=O)[nH]c12. The van der Waals surface area contributed by atoms with Crippen LogP contribution in [0.25, 0.3) is 10.9 Å². The number of aryl methyl sites for hydroxylation is 1. The number of likely N-dealkylation sites (tertiary alicyclic amines) is 1. The molecule has 2 fully saturated rings. The van der Waals surface area contributed by atoms with Gasteiger partial charge in [-0.2, -0.15) is 0 Å². The van der Waals surface area contributed by atoms with Gasteiger partial charge in [0.25, 0.3) is 5.56 Å². The molecule has 1 saturated heterocycles. The number of fused-ring (bicyclic) bond motifs is 2. The van der Waals surface area contributed by atoms with Gasteiger partial charge in [0.1, 0.15) is 5.82 Å². The molecule has 6 heteroatoms. The van der Waals surface area contributed by atoms with E-state index in [1.807, 2.05) is 31.2 Å². The van der Waals surface area contributed by atoms with Crippen LogP contribution in [-0.2, 0) is 6.54 Å². The first-order valence-electron chi connectivity index (χ1n) is 10.2. The third-order valence-electron chi connectivity index (χ3n) is 6.80. The Morgan fingerprint density at radius 1 is 1.07 bits per heavy atom. The molecule has 5 nitrogen and oxygen atoms in total. The Morgan fingerprint density at radius 3 is 2.66 bits per heavy atom. The maximum absolute atomic E-state index is 13.2. The van der Waals surface area contributed by atoms with Crippen molar-refractivity contribution in [1.29, 1.82) is 0 Å². The maximum Gasteiger partial charge on any atom is 0.328 e. The van der Waals surface area contributed by atoms with Gasteiger partial charge in [-0.3, -0.25) is 9.36 Å². The Bertz CT molecular complexity index is 1180. The lowest BCUT2D eigenvalue weighted by Crippen LogP contribution is -2.38. The monoisotopic (exact) mass is 393 g/mol. The van der Waals surface area contributed by atoms with Crippen LogP contribution in [0.1, 0.15) is 23.5 Å². The van der Waals surface area contributed by atoms with E-state index in [0.29, 0.717) is 41.7 Å². The second-order valence-electron chi connectivity index (χ2n) is 8.46. The van der Waals surface area contributed by atoms with Crippen LogP contribution in [-0.4, -0.2) is 34.1 Å². The predicted octanol–water partition coefficient (Wildman–Crippen LogP) is 2.87. The summed E-state index contributed by atoms with van der Waals surface area (Å²) in [7, 11) is 0. The zero-order valence-electron chi connectivity index (χ0n) is 16.4. The molecule has 1 N–H and O–H groups in total. The van der Waals surface area contributed by atoms with Crippen LogP contribution in [0, 0.1) is 24.6 Å². The number of hydrogen-bond acceptors (Lipinski definition) is 3. The molecule has 2 heterocycles. The van der Waals surface area contributed by atoms with Gasteiger partial charge in [-0.1, -0.05) is 24.3 Å². The van der Waals surface area contributed by atoms with Gasteiger partial charge in [0, 0.05) is 26.2 Å². The average molecular weight is 393 g/mol. The van der Waals surface area contributed by atoms with Crippen LogP contribution in [0.15, 0.2) is 52.1 Å². The van der Waals surface area contributed by atoms with E-state index in [4.69, 9.17) is 0 Å². The fourth-order valence-corrected chi connectivity index (χ4v) is 5.14. The van der Waals surface area contributed by atoms with E-state index in [2.05, 4.69) is 9.88 Å². The molecule has 2 aliphatic rings. The van der Waals surface area contributed by atoms with Gasteiger partial charge in [-0.05, 0) is 60.4 Å². The molecule has 1 aromatic heterocycles. The second-order valence-corrected chi connectivity index (χ2v) is 8.46. The quantitative estimate of drug-likeness (QED) is 0.742. The normalized spacial score (nSPS) is 23.9. The minimum Gasteiger partial charge on any atom is -0.306 e. The molecule has 0 amide bonds. The largest absolute Gasteiger partial charge is 0.328 e. The van der Waals surface area contributed by atoms with Crippen molar-refractivity contribution in [2.45, 2.75) is 25.8 Å². The highest BCUT2D eigenvalue weighted by molar-refractivity contribution is 5.80. The molecular weight excluding hydrogens is 369 g/mol. The molecule has 1 aliphatic carbocycles. The van der Waals surface area contributed by atoms with E-state index in [1.165, 1.54) is 22.3 Å². The summed E-state index contributed by atoms with van der Waals surface area (Å²) in [6.07, 6.45) is 1.13. The van der Waals surface area contributed by atoms with Gasteiger partial charge in [0.2, 0.25) is 0 Å². The Balaban J connectivity index is 1.29. The topological polar surface area (TPSA) is 58.1 Å². The highest BCUT2D eigenvalue weighted by Crippen LogP contribution is 2.51. The maximum atomic E-state index is 13.2. The number of aromatic amines is 1. The third kappa shape index (κ3) is 3.12. The molecule has 0 radical (unpaired) electrons. The summed E-state index contributed by atoms with van der Waals surface area (Å²) >= 11 is 0. The lowest BCUT2D eigenvalue weighted by Gasteiger charge is -2.40. The molecule has 3 unspecified atom stereocenters. The fourth-order valence-electron chi connectivity index (χ4n) is 5.14. The molecule has 3 aromatic rings. The Labute approximate surface area is 167 Å². The van der Waals surface area contributed by atoms with Gasteiger partial charge in [-0.25, -0.2) is 9.18 Å². The minimum absolute atomic E-state index is 0.195. The number of aromatic nitrogens is 2. The van der Waals surface area contributed by atoms with Crippen molar-refractivity contribution in [3.8, 4) is 0 Å². The lowest BCUT2D eigenvalue weighted by molar-refractivity contribution is 0.191. The molecule has 29 heavy (non-hydrogen) atoms. The summed E-state index contributed by atoms with van der Waals surface area (Å²) in [5.41, 5.74) is 2.17. The number of nitrogens with one attached hydrogen (secondary N) is 1. The van der Waals surface area contributed by atoms with E-state index < -0.39 is 0 Å². The predicted molar refractivity (Wildman–Crippen MR) is 111 cm³/mol. The number of halogens is 1. The molecule has 1 aliphatic heterocycles. The summed E-state index contributed by atoms with van der Waals surface area (Å²) in [6, 6.07) is 12.4.